The molecule has 120 valence electrons. The molecule has 0 aromatic heterocycles. The fourth-order valence-electron chi connectivity index (χ4n) is 3.00. The van der Waals surface area contributed by atoms with Crippen molar-refractivity contribution in [2.75, 3.05) is 18.4 Å². The Balaban J connectivity index is 2.08. The van der Waals surface area contributed by atoms with Gasteiger partial charge in [-0.3, -0.25) is 14.5 Å². The van der Waals surface area contributed by atoms with Gasteiger partial charge in [0.1, 0.15) is 6.04 Å². The minimum Gasteiger partial charge on any atom is -0.480 e. The monoisotopic (exact) mass is 304 g/mol. The Morgan fingerprint density at radius 1 is 1.41 bits per heavy atom. The van der Waals surface area contributed by atoms with E-state index in [2.05, 4.69) is 19.2 Å². The number of likely N-dealkylation sites (tertiary alicyclic amines) is 1. The van der Waals surface area contributed by atoms with Gasteiger partial charge >= 0.3 is 5.97 Å². The number of para-hydroxylation sites is 1. The second kappa shape index (κ2) is 6.92. The van der Waals surface area contributed by atoms with Gasteiger partial charge in [0.15, 0.2) is 0 Å². The Morgan fingerprint density at radius 3 is 2.77 bits per heavy atom. The Labute approximate surface area is 131 Å². The molecule has 5 nitrogen and oxygen atoms in total. The van der Waals surface area contributed by atoms with E-state index < -0.39 is 12.0 Å². The number of carbonyl (C=O) groups is 2. The minimum atomic E-state index is -0.843. The van der Waals surface area contributed by atoms with Crippen molar-refractivity contribution in [3.8, 4) is 0 Å². The molecule has 1 fully saturated rings. The first kappa shape index (κ1) is 16.5. The van der Waals surface area contributed by atoms with E-state index >= 15 is 0 Å². The molecular weight excluding hydrogens is 280 g/mol. The van der Waals surface area contributed by atoms with Crippen molar-refractivity contribution in [1.29, 1.82) is 0 Å². The first-order valence-electron chi connectivity index (χ1n) is 7.76. The molecule has 2 rings (SSSR count). The Hall–Kier alpha value is -1.88. The van der Waals surface area contributed by atoms with Crippen molar-refractivity contribution in [2.45, 2.75) is 45.6 Å². The molecule has 1 amide bonds. The van der Waals surface area contributed by atoms with E-state index in [1.165, 1.54) is 0 Å². The zero-order valence-electron chi connectivity index (χ0n) is 13.4. The summed E-state index contributed by atoms with van der Waals surface area (Å²) in [5.41, 5.74) is 2.98. The smallest absolute Gasteiger partial charge is 0.320 e. The predicted molar refractivity (Wildman–Crippen MR) is 86.1 cm³/mol. The minimum absolute atomic E-state index is 0.128. The molecule has 1 heterocycles. The number of anilines is 1. The molecular formula is C17H24N2O3. The zero-order valence-corrected chi connectivity index (χ0v) is 13.4. The number of carboxylic acid groups (broad SMARTS) is 1. The van der Waals surface area contributed by atoms with Crippen LogP contribution < -0.4 is 5.32 Å². The lowest BCUT2D eigenvalue weighted by Crippen LogP contribution is -2.41. The van der Waals surface area contributed by atoms with E-state index in [1.807, 2.05) is 25.1 Å². The van der Waals surface area contributed by atoms with Gasteiger partial charge < -0.3 is 10.4 Å². The summed E-state index contributed by atoms with van der Waals surface area (Å²) in [5.74, 6) is -0.679. The number of rotatable bonds is 5. The fraction of sp³-hybridized carbons (Fsp3) is 0.529. The first-order valence-corrected chi connectivity index (χ1v) is 7.76. The number of carboxylic acids is 1. The Morgan fingerprint density at radius 2 is 2.14 bits per heavy atom. The van der Waals surface area contributed by atoms with Crippen molar-refractivity contribution in [1.82, 2.24) is 4.90 Å². The standard InChI is InChI=1S/C17H24N2O3/c1-11(2)13-7-4-6-12(3)16(13)18-15(20)10-19-9-5-8-14(19)17(21)22/h4,6-7,11,14H,5,8-10H2,1-3H3,(H,18,20)(H,21,22)/t14-/m1/s1. The summed E-state index contributed by atoms with van der Waals surface area (Å²) in [6.45, 7) is 6.94. The van der Waals surface area contributed by atoms with E-state index in [0.717, 1.165) is 23.2 Å². The molecule has 1 aromatic carbocycles. The molecule has 0 radical (unpaired) electrons. The van der Waals surface area contributed by atoms with E-state index in [9.17, 15) is 14.7 Å². The van der Waals surface area contributed by atoms with Gasteiger partial charge in [0, 0.05) is 5.69 Å². The van der Waals surface area contributed by atoms with Crippen LogP contribution in [0.5, 0.6) is 0 Å². The topological polar surface area (TPSA) is 69.6 Å². The number of aryl methyl sites for hydroxylation is 1. The van der Waals surface area contributed by atoms with Gasteiger partial charge in [-0.05, 0) is 43.4 Å². The van der Waals surface area contributed by atoms with Gasteiger partial charge in [-0.1, -0.05) is 32.0 Å². The molecule has 5 heteroatoms. The van der Waals surface area contributed by atoms with E-state index in [-0.39, 0.29) is 12.5 Å². The molecule has 1 aromatic rings. The third-order valence-corrected chi connectivity index (χ3v) is 4.19. The van der Waals surface area contributed by atoms with Crippen LogP contribution in [-0.4, -0.2) is 41.0 Å². The van der Waals surface area contributed by atoms with Gasteiger partial charge in [-0.15, -0.1) is 0 Å². The SMILES string of the molecule is Cc1cccc(C(C)C)c1NC(=O)CN1CCC[C@@H]1C(=O)O. The third kappa shape index (κ3) is 3.65. The molecule has 2 N–H and O–H groups in total. The van der Waals surface area contributed by atoms with Crippen LogP contribution in [0.25, 0.3) is 0 Å². The lowest BCUT2D eigenvalue weighted by Gasteiger charge is -2.22. The summed E-state index contributed by atoms with van der Waals surface area (Å²) in [6.07, 6.45) is 1.44. The maximum absolute atomic E-state index is 12.3. The predicted octanol–water partition coefficient (Wildman–Crippen LogP) is 2.61. The number of nitrogens with one attached hydrogen (secondary N) is 1. The molecule has 0 unspecified atom stereocenters. The van der Waals surface area contributed by atoms with E-state index in [0.29, 0.717) is 18.9 Å². The summed E-state index contributed by atoms with van der Waals surface area (Å²) in [5, 5.41) is 12.1. The van der Waals surface area contributed by atoms with Crippen LogP contribution in [0.2, 0.25) is 0 Å². The number of nitrogens with zero attached hydrogens (tertiary/aromatic N) is 1. The lowest BCUT2D eigenvalue weighted by molar-refractivity contribution is -0.142. The van der Waals surface area contributed by atoms with E-state index in [1.54, 1.807) is 4.90 Å². The van der Waals surface area contributed by atoms with Gasteiger partial charge in [0.05, 0.1) is 6.54 Å². The number of benzene rings is 1. The quantitative estimate of drug-likeness (QED) is 0.877. The maximum Gasteiger partial charge on any atom is 0.320 e. The largest absolute Gasteiger partial charge is 0.480 e. The summed E-state index contributed by atoms with van der Waals surface area (Å²) < 4.78 is 0. The normalized spacial score (nSPS) is 18.6. The van der Waals surface area contributed by atoms with Crippen LogP contribution in [0.4, 0.5) is 5.69 Å². The molecule has 22 heavy (non-hydrogen) atoms. The molecule has 1 aliphatic heterocycles. The summed E-state index contributed by atoms with van der Waals surface area (Å²) >= 11 is 0. The van der Waals surface area contributed by atoms with Gasteiger partial charge in [-0.25, -0.2) is 0 Å². The van der Waals surface area contributed by atoms with E-state index in [4.69, 9.17) is 0 Å². The van der Waals surface area contributed by atoms with Crippen molar-refractivity contribution < 1.29 is 14.7 Å². The second-order valence-corrected chi connectivity index (χ2v) is 6.21. The van der Waals surface area contributed by atoms with Crippen LogP contribution in [-0.2, 0) is 9.59 Å². The van der Waals surface area contributed by atoms with Crippen LogP contribution >= 0.6 is 0 Å². The highest BCUT2D eigenvalue weighted by molar-refractivity contribution is 5.94. The Kier molecular flexibility index (Phi) is 5.19. The summed E-state index contributed by atoms with van der Waals surface area (Å²) in [7, 11) is 0. The molecule has 1 saturated heterocycles. The maximum atomic E-state index is 12.3. The summed E-state index contributed by atoms with van der Waals surface area (Å²) in [4.78, 5) is 25.2. The fourth-order valence-corrected chi connectivity index (χ4v) is 3.00. The second-order valence-electron chi connectivity index (χ2n) is 6.21. The zero-order chi connectivity index (χ0) is 16.3. The van der Waals surface area contributed by atoms with Gasteiger partial charge in [0.25, 0.3) is 0 Å². The number of aliphatic carboxylic acids is 1. The Bertz CT molecular complexity index is 569. The number of carbonyl (C=O) groups excluding carboxylic acids is 1. The van der Waals surface area contributed by atoms with Gasteiger partial charge in [-0.2, -0.15) is 0 Å². The number of amides is 1. The highest BCUT2D eigenvalue weighted by Crippen LogP contribution is 2.27. The third-order valence-electron chi connectivity index (χ3n) is 4.19. The molecule has 0 aliphatic carbocycles. The average molecular weight is 304 g/mol. The van der Waals surface area contributed by atoms with Crippen molar-refractivity contribution >= 4 is 17.6 Å². The van der Waals surface area contributed by atoms with Crippen LogP contribution in [0, 0.1) is 6.92 Å². The molecule has 0 saturated carbocycles. The average Bonchev–Trinajstić information content (AvgIpc) is 2.89. The summed E-state index contributed by atoms with van der Waals surface area (Å²) in [6, 6.07) is 5.44. The lowest BCUT2D eigenvalue weighted by atomic mass is 9.98. The van der Waals surface area contributed by atoms with Crippen LogP contribution in [0.3, 0.4) is 0 Å². The first-order chi connectivity index (χ1) is 10.4. The molecule has 0 bridgehead atoms. The van der Waals surface area contributed by atoms with Crippen molar-refractivity contribution in [2.24, 2.45) is 0 Å². The van der Waals surface area contributed by atoms with Crippen molar-refractivity contribution in [3.05, 3.63) is 29.3 Å². The molecule has 0 spiro atoms. The number of hydrogen-bond acceptors (Lipinski definition) is 3. The van der Waals surface area contributed by atoms with Crippen LogP contribution in [0.1, 0.15) is 43.7 Å². The highest BCUT2D eigenvalue weighted by Gasteiger charge is 2.31. The van der Waals surface area contributed by atoms with Crippen molar-refractivity contribution in [3.63, 3.8) is 0 Å². The number of hydrogen-bond donors (Lipinski definition) is 2. The highest BCUT2D eigenvalue weighted by atomic mass is 16.4. The van der Waals surface area contributed by atoms with Crippen LogP contribution in [0.15, 0.2) is 18.2 Å². The molecule has 1 aliphatic rings. The van der Waals surface area contributed by atoms with Gasteiger partial charge in [0.2, 0.25) is 5.91 Å². The molecule has 1 atom stereocenters.